The number of aliphatic hydroxyl groups is 1. The van der Waals surface area contributed by atoms with E-state index in [1.54, 1.807) is 72.7 Å². The maximum atomic E-state index is 13.2. The number of nitrogens with zero attached hydrogens (tertiary/aromatic N) is 1. The first-order chi connectivity index (χ1) is 19.5. The Morgan fingerprint density at radius 3 is 2.00 bits per heavy atom. The molecular weight excluding hydrogens is 506 g/mol. The summed E-state index contributed by atoms with van der Waals surface area (Å²) in [5.74, 6) is 1.31. The van der Waals surface area contributed by atoms with Gasteiger partial charge < -0.3 is 24.2 Å². The van der Waals surface area contributed by atoms with Crippen LogP contribution in [0.1, 0.15) is 78.1 Å². The highest BCUT2D eigenvalue weighted by molar-refractivity contribution is 5.94. The number of carbonyl (C=O) groups is 2. The van der Waals surface area contributed by atoms with E-state index in [1.165, 1.54) is 19.3 Å². The Labute approximate surface area is 237 Å². The molecule has 0 atom stereocenters. The van der Waals surface area contributed by atoms with Crippen molar-refractivity contribution in [3.63, 3.8) is 0 Å². The lowest BCUT2D eigenvalue weighted by Crippen LogP contribution is -2.31. The number of hydrogen-bond acceptors (Lipinski definition) is 6. The van der Waals surface area contributed by atoms with Gasteiger partial charge in [0.05, 0.1) is 19.3 Å². The topological polar surface area (TPSA) is 85.3 Å². The van der Waals surface area contributed by atoms with Crippen molar-refractivity contribution in [1.29, 1.82) is 0 Å². The maximum absolute atomic E-state index is 13.2. The van der Waals surface area contributed by atoms with Gasteiger partial charge in [0, 0.05) is 25.3 Å². The Morgan fingerprint density at radius 1 is 0.725 bits per heavy atom. The van der Waals surface area contributed by atoms with Gasteiger partial charge in [-0.15, -0.1) is 0 Å². The summed E-state index contributed by atoms with van der Waals surface area (Å²) in [5.41, 5.74) is 1.92. The molecule has 0 aromatic heterocycles. The smallest absolute Gasteiger partial charge is 0.343 e. The van der Waals surface area contributed by atoms with Crippen LogP contribution in [0.5, 0.6) is 17.2 Å². The number of methoxy groups -OCH3 is 1. The second-order valence-corrected chi connectivity index (χ2v) is 9.71. The monoisotopic (exact) mass is 547 g/mol. The number of benzene rings is 3. The molecule has 0 saturated heterocycles. The summed E-state index contributed by atoms with van der Waals surface area (Å²) in [6.45, 7) is 3.86. The molecule has 0 spiro atoms. The van der Waals surface area contributed by atoms with Crippen LogP contribution in [0.25, 0.3) is 0 Å². The molecule has 1 N–H and O–H groups in total. The number of esters is 1. The molecule has 0 fully saturated rings. The fourth-order valence-electron chi connectivity index (χ4n) is 4.22. The molecule has 0 bridgehead atoms. The molecule has 3 rings (SSSR count). The molecule has 7 nitrogen and oxygen atoms in total. The summed E-state index contributed by atoms with van der Waals surface area (Å²) in [6, 6.07) is 21.2. The number of amides is 1. The summed E-state index contributed by atoms with van der Waals surface area (Å²) >= 11 is 0. The lowest BCUT2D eigenvalue weighted by atomic mass is 10.1. The first-order valence-corrected chi connectivity index (χ1v) is 14.1. The first kappa shape index (κ1) is 30.7. The van der Waals surface area contributed by atoms with E-state index in [-0.39, 0.29) is 12.5 Å². The summed E-state index contributed by atoms with van der Waals surface area (Å²) in [6.07, 6.45) is 7.21. The Kier molecular flexibility index (Phi) is 13.0. The molecule has 0 saturated carbocycles. The minimum atomic E-state index is -0.445. The second-order valence-electron chi connectivity index (χ2n) is 9.71. The molecule has 3 aromatic rings. The van der Waals surface area contributed by atoms with Crippen molar-refractivity contribution in [3.8, 4) is 17.2 Å². The number of carbonyl (C=O) groups excluding carboxylic acids is 2. The van der Waals surface area contributed by atoms with Crippen LogP contribution >= 0.6 is 0 Å². The highest BCUT2D eigenvalue weighted by atomic mass is 16.5. The van der Waals surface area contributed by atoms with E-state index in [2.05, 4.69) is 6.92 Å². The van der Waals surface area contributed by atoms with Crippen molar-refractivity contribution in [2.75, 3.05) is 26.9 Å². The zero-order valence-corrected chi connectivity index (χ0v) is 23.6. The van der Waals surface area contributed by atoms with Crippen molar-refractivity contribution in [2.45, 2.75) is 58.4 Å². The molecule has 0 aliphatic heterocycles. The average molecular weight is 548 g/mol. The molecule has 40 heavy (non-hydrogen) atoms. The third kappa shape index (κ3) is 10.0. The van der Waals surface area contributed by atoms with Gasteiger partial charge in [-0.25, -0.2) is 4.79 Å². The van der Waals surface area contributed by atoms with Gasteiger partial charge in [-0.3, -0.25) is 4.79 Å². The summed E-state index contributed by atoms with van der Waals surface area (Å²) < 4.78 is 16.5. The fraction of sp³-hybridized carbons (Fsp3) is 0.394. The minimum Gasteiger partial charge on any atom is -0.497 e. The third-order valence-corrected chi connectivity index (χ3v) is 6.57. The van der Waals surface area contributed by atoms with E-state index in [9.17, 15) is 14.7 Å². The Hall–Kier alpha value is -3.84. The molecule has 1 amide bonds. The quantitative estimate of drug-likeness (QED) is 0.115. The van der Waals surface area contributed by atoms with E-state index in [1.807, 2.05) is 12.1 Å². The molecule has 0 heterocycles. The summed E-state index contributed by atoms with van der Waals surface area (Å²) in [5, 5.41) is 9.18. The van der Waals surface area contributed by atoms with E-state index < -0.39 is 5.97 Å². The SMILES string of the molecule is CCCCCCCOc1ccc(C(=O)Oc2ccc(CN(CCCCO)C(=O)c3ccc(OC)cc3)cc2)cc1. The van der Waals surface area contributed by atoms with Crippen LogP contribution in [-0.4, -0.2) is 48.8 Å². The molecule has 3 aromatic carbocycles. The number of hydrogen-bond donors (Lipinski definition) is 1. The van der Waals surface area contributed by atoms with Crippen molar-refractivity contribution < 1.29 is 28.9 Å². The standard InChI is InChI=1S/C33H41NO6/c1-3-4-5-6-9-24-39-30-20-14-28(15-21-30)33(37)40-31-16-10-26(11-17-31)25-34(22-7-8-23-35)32(36)27-12-18-29(38-2)19-13-27/h10-21,35H,3-9,22-25H2,1-2H3. The van der Waals surface area contributed by atoms with E-state index in [4.69, 9.17) is 14.2 Å². The van der Waals surface area contributed by atoms with Gasteiger partial charge in [-0.2, -0.15) is 0 Å². The average Bonchev–Trinajstić information content (AvgIpc) is 2.99. The molecule has 7 heteroatoms. The van der Waals surface area contributed by atoms with Crippen molar-refractivity contribution in [1.82, 2.24) is 4.90 Å². The van der Waals surface area contributed by atoms with Crippen LogP contribution in [0.4, 0.5) is 0 Å². The van der Waals surface area contributed by atoms with Gasteiger partial charge in [0.1, 0.15) is 17.2 Å². The lowest BCUT2D eigenvalue weighted by molar-refractivity contribution is 0.0730. The van der Waals surface area contributed by atoms with Crippen molar-refractivity contribution in [3.05, 3.63) is 89.5 Å². The largest absolute Gasteiger partial charge is 0.497 e. The fourth-order valence-corrected chi connectivity index (χ4v) is 4.22. The van der Waals surface area contributed by atoms with Gasteiger partial charge in [-0.05, 0) is 85.5 Å². The number of rotatable bonds is 17. The zero-order chi connectivity index (χ0) is 28.6. The molecule has 0 radical (unpaired) electrons. The zero-order valence-electron chi connectivity index (χ0n) is 23.6. The van der Waals surface area contributed by atoms with Gasteiger partial charge in [0.2, 0.25) is 0 Å². The maximum Gasteiger partial charge on any atom is 0.343 e. The normalized spacial score (nSPS) is 10.7. The van der Waals surface area contributed by atoms with E-state index >= 15 is 0 Å². The predicted octanol–water partition coefficient (Wildman–Crippen LogP) is 6.68. The van der Waals surface area contributed by atoms with Crippen LogP contribution in [0.15, 0.2) is 72.8 Å². The van der Waals surface area contributed by atoms with Crippen LogP contribution in [0, 0.1) is 0 Å². The third-order valence-electron chi connectivity index (χ3n) is 6.57. The van der Waals surface area contributed by atoms with Crippen molar-refractivity contribution >= 4 is 11.9 Å². The van der Waals surface area contributed by atoms with Crippen LogP contribution < -0.4 is 14.2 Å². The Morgan fingerprint density at radius 2 is 1.35 bits per heavy atom. The van der Waals surface area contributed by atoms with Gasteiger partial charge in [-0.1, -0.05) is 44.7 Å². The van der Waals surface area contributed by atoms with Crippen LogP contribution in [0.2, 0.25) is 0 Å². The first-order valence-electron chi connectivity index (χ1n) is 14.1. The highest BCUT2D eigenvalue weighted by Gasteiger charge is 2.17. The van der Waals surface area contributed by atoms with Gasteiger partial charge >= 0.3 is 5.97 Å². The molecular formula is C33H41NO6. The second kappa shape index (κ2) is 17.0. The number of ether oxygens (including phenoxy) is 3. The Balaban J connectivity index is 1.54. The molecule has 0 unspecified atom stereocenters. The lowest BCUT2D eigenvalue weighted by Gasteiger charge is -2.23. The van der Waals surface area contributed by atoms with Crippen molar-refractivity contribution in [2.24, 2.45) is 0 Å². The summed E-state index contributed by atoms with van der Waals surface area (Å²) in [7, 11) is 1.58. The molecule has 0 aliphatic carbocycles. The van der Waals surface area contributed by atoms with Gasteiger partial charge in [0.15, 0.2) is 0 Å². The molecule has 214 valence electrons. The molecule has 0 aliphatic rings. The minimum absolute atomic E-state index is 0.0828. The Bertz CT molecular complexity index is 1160. The predicted molar refractivity (Wildman–Crippen MR) is 156 cm³/mol. The van der Waals surface area contributed by atoms with E-state index in [0.29, 0.717) is 55.2 Å². The van der Waals surface area contributed by atoms with Crippen LogP contribution in [0.3, 0.4) is 0 Å². The number of aliphatic hydroxyl groups excluding tert-OH is 1. The number of unbranched alkanes of at least 4 members (excludes halogenated alkanes) is 5. The van der Waals surface area contributed by atoms with E-state index in [0.717, 1.165) is 24.2 Å². The summed E-state index contributed by atoms with van der Waals surface area (Å²) in [4.78, 5) is 27.6. The van der Waals surface area contributed by atoms with Gasteiger partial charge in [0.25, 0.3) is 5.91 Å². The van der Waals surface area contributed by atoms with Crippen LogP contribution in [-0.2, 0) is 6.54 Å². The highest BCUT2D eigenvalue weighted by Crippen LogP contribution is 2.20.